The first-order valence-corrected chi connectivity index (χ1v) is 6.36. The number of benzene rings is 1. The van der Waals surface area contributed by atoms with Crippen LogP contribution in [0.4, 0.5) is 0 Å². The minimum atomic E-state index is -0.272. The van der Waals surface area contributed by atoms with Crippen LogP contribution in [-0.2, 0) is 4.74 Å². The molecule has 0 atom stereocenters. The van der Waals surface area contributed by atoms with E-state index in [4.69, 9.17) is 4.74 Å². The zero-order valence-corrected chi connectivity index (χ0v) is 10.8. The van der Waals surface area contributed by atoms with Crippen LogP contribution in [0.15, 0.2) is 54.6 Å². The van der Waals surface area contributed by atoms with Crippen LogP contribution < -0.4 is 0 Å². The van der Waals surface area contributed by atoms with Gasteiger partial charge in [0.15, 0.2) is 0 Å². The number of hydrogen-bond donors (Lipinski definition) is 0. The second kappa shape index (κ2) is 9.23. The van der Waals surface area contributed by atoms with Gasteiger partial charge in [-0.15, -0.1) is 0 Å². The van der Waals surface area contributed by atoms with E-state index < -0.39 is 0 Å². The van der Waals surface area contributed by atoms with Crippen molar-refractivity contribution < 1.29 is 9.53 Å². The molecule has 0 bridgehead atoms. The van der Waals surface area contributed by atoms with Crippen molar-refractivity contribution in [3.63, 3.8) is 0 Å². The summed E-state index contributed by atoms with van der Waals surface area (Å²) in [7, 11) is 0. The lowest BCUT2D eigenvalue weighted by atomic mass is 10.2. The molecule has 0 saturated carbocycles. The maximum atomic E-state index is 11.6. The van der Waals surface area contributed by atoms with Crippen LogP contribution in [0.2, 0.25) is 0 Å². The summed E-state index contributed by atoms with van der Waals surface area (Å²) >= 11 is 0. The van der Waals surface area contributed by atoms with Crippen molar-refractivity contribution in [2.24, 2.45) is 0 Å². The van der Waals surface area contributed by atoms with E-state index in [1.54, 1.807) is 12.1 Å². The van der Waals surface area contributed by atoms with Crippen molar-refractivity contribution in [3.8, 4) is 0 Å². The Kier molecular flexibility index (Phi) is 7.29. The van der Waals surface area contributed by atoms with Crippen molar-refractivity contribution >= 4 is 5.97 Å². The molecular formula is C16H20O2. The van der Waals surface area contributed by atoms with Crippen LogP contribution >= 0.6 is 0 Å². The molecule has 0 saturated heterocycles. The van der Waals surface area contributed by atoms with Gasteiger partial charge in [-0.05, 0) is 31.4 Å². The molecule has 0 aliphatic heterocycles. The molecule has 0 aliphatic rings. The maximum absolute atomic E-state index is 11.6. The number of unbranched alkanes of at least 4 members (excludes halogenated alkanes) is 1. The standard InChI is InChI=1S/C16H20O2/c1-2-3-4-5-6-7-11-14-18-16(17)15-12-9-8-10-13-15/h3-4,7-13H,2,5-6,14H2,1H3. The predicted molar refractivity (Wildman–Crippen MR) is 74.5 cm³/mol. The molecule has 1 rings (SSSR count). The Hall–Kier alpha value is -1.83. The van der Waals surface area contributed by atoms with E-state index in [0.717, 1.165) is 19.3 Å². The van der Waals surface area contributed by atoms with E-state index in [1.807, 2.05) is 30.4 Å². The highest BCUT2D eigenvalue weighted by Gasteiger charge is 2.03. The molecule has 0 amide bonds. The lowest BCUT2D eigenvalue weighted by Gasteiger charge is -2.00. The second-order valence-electron chi connectivity index (χ2n) is 3.89. The predicted octanol–water partition coefficient (Wildman–Crippen LogP) is 4.15. The molecule has 2 heteroatoms. The summed E-state index contributed by atoms with van der Waals surface area (Å²) in [6.07, 6.45) is 11.4. The first-order valence-electron chi connectivity index (χ1n) is 6.36. The van der Waals surface area contributed by atoms with Crippen LogP contribution in [0.5, 0.6) is 0 Å². The monoisotopic (exact) mass is 244 g/mol. The Morgan fingerprint density at radius 2 is 1.72 bits per heavy atom. The summed E-state index contributed by atoms with van der Waals surface area (Å²) < 4.78 is 5.11. The van der Waals surface area contributed by atoms with E-state index in [-0.39, 0.29) is 5.97 Å². The zero-order chi connectivity index (χ0) is 13.1. The van der Waals surface area contributed by atoms with Crippen molar-refractivity contribution in [2.45, 2.75) is 26.2 Å². The Morgan fingerprint density at radius 1 is 1.06 bits per heavy atom. The molecule has 96 valence electrons. The molecule has 2 nitrogen and oxygen atoms in total. The third kappa shape index (κ3) is 6.04. The summed E-state index contributed by atoms with van der Waals surface area (Å²) in [5.41, 5.74) is 0.594. The summed E-state index contributed by atoms with van der Waals surface area (Å²) in [6.45, 7) is 2.46. The fourth-order valence-corrected chi connectivity index (χ4v) is 1.44. The number of ether oxygens (including phenoxy) is 1. The second-order valence-corrected chi connectivity index (χ2v) is 3.89. The smallest absolute Gasteiger partial charge is 0.338 e. The molecule has 0 aliphatic carbocycles. The first kappa shape index (κ1) is 14.2. The number of hydrogen-bond acceptors (Lipinski definition) is 2. The molecular weight excluding hydrogens is 224 g/mol. The van der Waals surface area contributed by atoms with E-state index >= 15 is 0 Å². The van der Waals surface area contributed by atoms with Gasteiger partial charge in [0.25, 0.3) is 0 Å². The molecule has 1 aromatic carbocycles. The highest BCUT2D eigenvalue weighted by atomic mass is 16.5. The summed E-state index contributed by atoms with van der Waals surface area (Å²) in [6, 6.07) is 9.03. The van der Waals surface area contributed by atoms with Crippen LogP contribution in [0, 0.1) is 0 Å². The summed E-state index contributed by atoms with van der Waals surface area (Å²) in [5, 5.41) is 0. The van der Waals surface area contributed by atoms with Gasteiger partial charge in [-0.2, -0.15) is 0 Å². The SMILES string of the molecule is CCC=CCCC=CCOC(=O)c1ccccc1. The van der Waals surface area contributed by atoms with Gasteiger partial charge in [0.05, 0.1) is 5.56 Å². The molecule has 0 aromatic heterocycles. The molecule has 0 radical (unpaired) electrons. The molecule has 1 aromatic rings. The van der Waals surface area contributed by atoms with Crippen molar-refractivity contribution in [1.82, 2.24) is 0 Å². The fourth-order valence-electron chi connectivity index (χ4n) is 1.44. The Labute approximate surface area is 109 Å². The highest BCUT2D eigenvalue weighted by molar-refractivity contribution is 5.89. The van der Waals surface area contributed by atoms with Crippen LogP contribution in [0.3, 0.4) is 0 Å². The van der Waals surface area contributed by atoms with Gasteiger partial charge in [0.2, 0.25) is 0 Å². The third-order valence-corrected chi connectivity index (χ3v) is 2.39. The van der Waals surface area contributed by atoms with Crippen molar-refractivity contribution in [3.05, 3.63) is 60.2 Å². The van der Waals surface area contributed by atoms with Crippen LogP contribution in [0.1, 0.15) is 36.5 Å². The lowest BCUT2D eigenvalue weighted by molar-refractivity contribution is 0.0549. The maximum Gasteiger partial charge on any atom is 0.338 e. The first-order chi connectivity index (χ1) is 8.84. The topological polar surface area (TPSA) is 26.3 Å². The molecule has 0 spiro atoms. The minimum absolute atomic E-state index is 0.272. The lowest BCUT2D eigenvalue weighted by Crippen LogP contribution is -2.04. The number of carbonyl (C=O) groups is 1. The molecule has 0 N–H and O–H groups in total. The van der Waals surface area contributed by atoms with Gasteiger partial charge in [-0.25, -0.2) is 4.79 Å². The normalized spacial score (nSPS) is 11.2. The molecule has 18 heavy (non-hydrogen) atoms. The Morgan fingerprint density at radius 3 is 2.39 bits per heavy atom. The van der Waals surface area contributed by atoms with Crippen molar-refractivity contribution in [2.75, 3.05) is 6.61 Å². The molecule has 0 fully saturated rings. The summed E-state index contributed by atoms with van der Waals surface area (Å²) in [4.78, 5) is 11.6. The average Bonchev–Trinajstić information content (AvgIpc) is 2.42. The third-order valence-electron chi connectivity index (χ3n) is 2.39. The van der Waals surface area contributed by atoms with E-state index in [1.165, 1.54) is 0 Å². The Balaban J connectivity index is 2.16. The van der Waals surface area contributed by atoms with Gasteiger partial charge in [0.1, 0.15) is 6.61 Å². The van der Waals surface area contributed by atoms with Crippen LogP contribution in [0.25, 0.3) is 0 Å². The fraction of sp³-hybridized carbons (Fsp3) is 0.312. The van der Waals surface area contributed by atoms with Gasteiger partial charge in [0, 0.05) is 0 Å². The minimum Gasteiger partial charge on any atom is -0.458 e. The molecule has 0 unspecified atom stereocenters. The van der Waals surface area contributed by atoms with Crippen molar-refractivity contribution in [1.29, 1.82) is 0 Å². The number of carbonyl (C=O) groups excluding carboxylic acids is 1. The number of esters is 1. The van der Waals surface area contributed by atoms with E-state index in [0.29, 0.717) is 12.2 Å². The number of rotatable bonds is 7. The van der Waals surface area contributed by atoms with Gasteiger partial charge in [-0.3, -0.25) is 0 Å². The zero-order valence-electron chi connectivity index (χ0n) is 10.8. The van der Waals surface area contributed by atoms with Gasteiger partial charge >= 0.3 is 5.97 Å². The van der Waals surface area contributed by atoms with Gasteiger partial charge < -0.3 is 4.74 Å². The van der Waals surface area contributed by atoms with Gasteiger partial charge in [-0.1, -0.05) is 49.4 Å². The quantitative estimate of drug-likeness (QED) is 0.409. The average molecular weight is 244 g/mol. The number of allylic oxidation sites excluding steroid dienone is 3. The highest BCUT2D eigenvalue weighted by Crippen LogP contribution is 2.01. The van der Waals surface area contributed by atoms with Crippen LogP contribution in [-0.4, -0.2) is 12.6 Å². The Bertz CT molecular complexity index is 391. The largest absolute Gasteiger partial charge is 0.458 e. The van der Waals surface area contributed by atoms with E-state index in [2.05, 4.69) is 19.1 Å². The summed E-state index contributed by atoms with van der Waals surface area (Å²) in [5.74, 6) is -0.272. The van der Waals surface area contributed by atoms with E-state index in [9.17, 15) is 4.79 Å². The molecule has 0 heterocycles.